The number of nitrogens with one attached hydrogen (secondary N) is 1. The topological polar surface area (TPSA) is 66.0 Å². The summed E-state index contributed by atoms with van der Waals surface area (Å²) in [7, 11) is 0. The summed E-state index contributed by atoms with van der Waals surface area (Å²) in [5.41, 5.74) is 3.27. The van der Waals surface area contributed by atoms with Gasteiger partial charge in [0.1, 0.15) is 5.75 Å². The van der Waals surface area contributed by atoms with Crippen LogP contribution in [-0.2, 0) is 0 Å². The van der Waals surface area contributed by atoms with Gasteiger partial charge in [-0.15, -0.1) is 0 Å². The normalized spacial score (nSPS) is 11.0. The number of allylic oxidation sites excluding steroid dienone is 1. The fourth-order valence-electron chi connectivity index (χ4n) is 1.69. The van der Waals surface area contributed by atoms with Gasteiger partial charge in [-0.1, -0.05) is 0 Å². The van der Waals surface area contributed by atoms with Gasteiger partial charge in [0.2, 0.25) is 0 Å². The third-order valence-electron chi connectivity index (χ3n) is 2.74. The first kappa shape index (κ1) is 12.1. The Balaban J connectivity index is 2.19. The second kappa shape index (κ2) is 4.87. The molecule has 1 aromatic heterocycles. The summed E-state index contributed by atoms with van der Waals surface area (Å²) < 4.78 is 0. The molecule has 0 bridgehead atoms. The Morgan fingerprint density at radius 3 is 2.50 bits per heavy atom. The third kappa shape index (κ3) is 2.48. The molecule has 0 aliphatic rings. The van der Waals surface area contributed by atoms with Crippen molar-refractivity contribution in [2.24, 2.45) is 0 Å². The standard InChI is InChI=1S/C14H14N2O2/c1-9-13(10(2)16-15-9)7-8-14(18)11-3-5-12(17)6-4-11/h3-8,17H,1-2H3,(H,15,16). The molecular formula is C14H14N2O2. The van der Waals surface area contributed by atoms with Crippen molar-refractivity contribution in [2.45, 2.75) is 13.8 Å². The highest BCUT2D eigenvalue weighted by Crippen LogP contribution is 2.14. The summed E-state index contributed by atoms with van der Waals surface area (Å²) in [6.45, 7) is 3.79. The number of carbonyl (C=O) groups excluding carboxylic acids is 1. The van der Waals surface area contributed by atoms with Crippen molar-refractivity contribution in [1.82, 2.24) is 10.2 Å². The molecule has 1 aromatic carbocycles. The number of benzene rings is 1. The zero-order chi connectivity index (χ0) is 13.1. The maximum absolute atomic E-state index is 11.9. The molecule has 0 atom stereocenters. The number of aromatic amines is 1. The minimum atomic E-state index is -0.102. The van der Waals surface area contributed by atoms with Crippen molar-refractivity contribution in [3.63, 3.8) is 0 Å². The van der Waals surface area contributed by atoms with Gasteiger partial charge < -0.3 is 5.11 Å². The monoisotopic (exact) mass is 242 g/mol. The van der Waals surface area contributed by atoms with Crippen molar-refractivity contribution < 1.29 is 9.90 Å². The summed E-state index contributed by atoms with van der Waals surface area (Å²) in [6.07, 6.45) is 3.26. The van der Waals surface area contributed by atoms with Crippen LogP contribution in [-0.4, -0.2) is 21.1 Å². The van der Waals surface area contributed by atoms with Crippen LogP contribution in [0.25, 0.3) is 6.08 Å². The third-order valence-corrected chi connectivity index (χ3v) is 2.74. The van der Waals surface area contributed by atoms with Gasteiger partial charge in [0.25, 0.3) is 0 Å². The summed E-state index contributed by atoms with van der Waals surface area (Å²) in [4.78, 5) is 11.9. The fourth-order valence-corrected chi connectivity index (χ4v) is 1.69. The van der Waals surface area contributed by atoms with Gasteiger partial charge in [-0.25, -0.2) is 0 Å². The van der Waals surface area contributed by atoms with Gasteiger partial charge in [0, 0.05) is 16.8 Å². The predicted octanol–water partition coefficient (Wildman–Crippen LogP) is 2.63. The van der Waals surface area contributed by atoms with E-state index in [2.05, 4.69) is 10.2 Å². The van der Waals surface area contributed by atoms with E-state index in [-0.39, 0.29) is 11.5 Å². The molecule has 0 spiro atoms. The molecule has 0 saturated heterocycles. The molecular weight excluding hydrogens is 228 g/mol. The smallest absolute Gasteiger partial charge is 0.185 e. The summed E-state index contributed by atoms with van der Waals surface area (Å²) in [5, 5.41) is 16.1. The molecule has 2 rings (SSSR count). The van der Waals surface area contributed by atoms with E-state index in [0.29, 0.717) is 5.56 Å². The molecule has 0 aliphatic heterocycles. The first-order valence-corrected chi connectivity index (χ1v) is 5.61. The SMILES string of the molecule is Cc1n[nH]c(C)c1C=CC(=O)c1ccc(O)cc1. The molecule has 0 radical (unpaired) electrons. The Labute approximate surface area is 105 Å². The molecule has 92 valence electrons. The molecule has 0 saturated carbocycles. The number of H-pyrrole nitrogens is 1. The number of rotatable bonds is 3. The number of ketones is 1. The van der Waals surface area contributed by atoms with E-state index < -0.39 is 0 Å². The highest BCUT2D eigenvalue weighted by Gasteiger charge is 2.05. The number of phenols is 1. The zero-order valence-electron chi connectivity index (χ0n) is 10.3. The van der Waals surface area contributed by atoms with Crippen LogP contribution < -0.4 is 0 Å². The number of nitrogens with zero attached hydrogens (tertiary/aromatic N) is 1. The largest absolute Gasteiger partial charge is 0.508 e. The van der Waals surface area contributed by atoms with Crippen LogP contribution >= 0.6 is 0 Å². The van der Waals surface area contributed by atoms with Gasteiger partial charge in [-0.2, -0.15) is 5.10 Å². The lowest BCUT2D eigenvalue weighted by atomic mass is 10.1. The lowest BCUT2D eigenvalue weighted by Crippen LogP contribution is -1.93. The molecule has 0 aliphatic carbocycles. The average molecular weight is 242 g/mol. The van der Waals surface area contributed by atoms with Crippen LogP contribution in [0.4, 0.5) is 0 Å². The van der Waals surface area contributed by atoms with Crippen LogP contribution in [0.1, 0.15) is 27.3 Å². The van der Waals surface area contributed by atoms with E-state index in [1.54, 1.807) is 18.2 Å². The maximum Gasteiger partial charge on any atom is 0.185 e. The Bertz CT molecular complexity index is 575. The quantitative estimate of drug-likeness (QED) is 0.642. The van der Waals surface area contributed by atoms with E-state index in [1.807, 2.05) is 13.8 Å². The van der Waals surface area contributed by atoms with Crippen molar-refractivity contribution >= 4 is 11.9 Å². The second-order valence-corrected chi connectivity index (χ2v) is 4.09. The number of aryl methyl sites for hydroxylation is 2. The summed E-state index contributed by atoms with van der Waals surface area (Å²) >= 11 is 0. The van der Waals surface area contributed by atoms with Gasteiger partial charge >= 0.3 is 0 Å². The molecule has 2 aromatic rings. The molecule has 0 amide bonds. The van der Waals surface area contributed by atoms with E-state index in [4.69, 9.17) is 5.11 Å². The van der Waals surface area contributed by atoms with Crippen molar-refractivity contribution in [3.8, 4) is 5.75 Å². The highest BCUT2D eigenvalue weighted by atomic mass is 16.3. The Morgan fingerprint density at radius 1 is 1.28 bits per heavy atom. The van der Waals surface area contributed by atoms with Crippen molar-refractivity contribution in [1.29, 1.82) is 0 Å². The number of aromatic hydroxyl groups is 1. The summed E-state index contributed by atoms with van der Waals surface area (Å²) in [5.74, 6) is 0.0482. The van der Waals surface area contributed by atoms with Gasteiger partial charge in [0.05, 0.1) is 5.69 Å². The van der Waals surface area contributed by atoms with Gasteiger partial charge in [0.15, 0.2) is 5.78 Å². The van der Waals surface area contributed by atoms with E-state index in [9.17, 15) is 4.79 Å². The Morgan fingerprint density at radius 2 is 1.94 bits per heavy atom. The molecule has 4 nitrogen and oxygen atoms in total. The highest BCUT2D eigenvalue weighted by molar-refractivity contribution is 6.06. The van der Waals surface area contributed by atoms with Crippen molar-refractivity contribution in [3.05, 3.63) is 52.9 Å². The zero-order valence-corrected chi connectivity index (χ0v) is 10.3. The van der Waals surface area contributed by atoms with Crippen molar-refractivity contribution in [2.75, 3.05) is 0 Å². The van der Waals surface area contributed by atoms with Gasteiger partial charge in [-0.3, -0.25) is 9.89 Å². The number of aromatic nitrogens is 2. The first-order valence-electron chi connectivity index (χ1n) is 5.61. The predicted molar refractivity (Wildman–Crippen MR) is 69.5 cm³/mol. The second-order valence-electron chi connectivity index (χ2n) is 4.09. The van der Waals surface area contributed by atoms with E-state index >= 15 is 0 Å². The van der Waals surface area contributed by atoms with Crippen LogP contribution in [0.15, 0.2) is 30.3 Å². The lowest BCUT2D eigenvalue weighted by Gasteiger charge is -1.96. The fraction of sp³-hybridized carbons (Fsp3) is 0.143. The first-order chi connectivity index (χ1) is 8.58. The molecule has 18 heavy (non-hydrogen) atoms. The van der Waals surface area contributed by atoms with Crippen LogP contribution in [0.5, 0.6) is 5.75 Å². The van der Waals surface area contributed by atoms with Gasteiger partial charge in [-0.05, 0) is 50.3 Å². The summed E-state index contributed by atoms with van der Waals surface area (Å²) in [6, 6.07) is 6.18. The number of hydrogen-bond acceptors (Lipinski definition) is 3. The van der Waals surface area contributed by atoms with Crippen LogP contribution in [0.2, 0.25) is 0 Å². The maximum atomic E-state index is 11.9. The van der Waals surface area contributed by atoms with Crippen LogP contribution in [0.3, 0.4) is 0 Å². The van der Waals surface area contributed by atoms with Crippen LogP contribution in [0, 0.1) is 13.8 Å². The molecule has 4 heteroatoms. The number of carbonyl (C=O) groups is 1. The van der Waals surface area contributed by atoms with E-state index in [0.717, 1.165) is 17.0 Å². The Hall–Kier alpha value is -2.36. The Kier molecular flexibility index (Phi) is 3.28. The lowest BCUT2D eigenvalue weighted by molar-refractivity contribution is 0.104. The molecule has 1 heterocycles. The van der Waals surface area contributed by atoms with E-state index in [1.165, 1.54) is 18.2 Å². The molecule has 0 fully saturated rings. The minimum Gasteiger partial charge on any atom is -0.508 e. The average Bonchev–Trinajstić information content (AvgIpc) is 2.67. The minimum absolute atomic E-state index is 0.102. The number of hydrogen-bond donors (Lipinski definition) is 2. The number of phenolic OH excluding ortho intramolecular Hbond substituents is 1. The molecule has 0 unspecified atom stereocenters. The molecule has 2 N–H and O–H groups in total.